The topological polar surface area (TPSA) is 92.8 Å². The largest absolute Gasteiger partial charge is 0.491 e. The first-order chi connectivity index (χ1) is 18.3. The Morgan fingerprint density at radius 1 is 1.16 bits per heavy atom. The monoisotopic (exact) mass is 544 g/mol. The van der Waals surface area contributed by atoms with Gasteiger partial charge in [-0.1, -0.05) is 19.6 Å². The fraction of sp³-hybridized carbons (Fsp3) is 0.643. The maximum absolute atomic E-state index is 8.89. The van der Waals surface area contributed by atoms with Crippen LogP contribution >= 0.6 is 0 Å². The van der Waals surface area contributed by atoms with Gasteiger partial charge in [-0.05, 0) is 56.9 Å². The molecule has 1 saturated heterocycles. The molecule has 1 fully saturated rings. The maximum Gasteiger partial charge on any atom is 0.150 e. The molecule has 1 aliphatic rings. The van der Waals surface area contributed by atoms with Crippen LogP contribution in [0.25, 0.3) is 22.2 Å². The zero-order chi connectivity index (χ0) is 27.0. The highest BCUT2D eigenvalue weighted by atomic mass is 28.3. The molecule has 1 aliphatic heterocycles. The number of fused-ring (bicyclic) bond motifs is 1. The molecule has 210 valence electrons. The summed E-state index contributed by atoms with van der Waals surface area (Å²) in [5.74, 6) is 0.799. The van der Waals surface area contributed by atoms with Crippen molar-refractivity contribution >= 4 is 19.0 Å². The van der Waals surface area contributed by atoms with Crippen molar-refractivity contribution in [2.75, 3.05) is 33.0 Å². The van der Waals surface area contributed by atoms with Crippen LogP contribution in [0.1, 0.15) is 45.3 Å². The molecule has 0 radical (unpaired) electrons. The van der Waals surface area contributed by atoms with Crippen LogP contribution in [0.15, 0.2) is 30.6 Å². The number of hydrogen-bond acceptors (Lipinski definition) is 7. The van der Waals surface area contributed by atoms with E-state index in [0.717, 1.165) is 72.9 Å². The van der Waals surface area contributed by atoms with E-state index in [1.807, 2.05) is 34.7 Å². The van der Waals surface area contributed by atoms with Crippen molar-refractivity contribution in [2.24, 2.45) is 0 Å². The Hall–Kier alpha value is -2.24. The van der Waals surface area contributed by atoms with E-state index in [9.17, 15) is 0 Å². The van der Waals surface area contributed by atoms with Gasteiger partial charge in [-0.2, -0.15) is 10.2 Å². The minimum atomic E-state index is -1.13. The van der Waals surface area contributed by atoms with Gasteiger partial charge in [0.2, 0.25) is 0 Å². The van der Waals surface area contributed by atoms with E-state index in [4.69, 9.17) is 29.2 Å². The lowest BCUT2D eigenvalue weighted by Gasteiger charge is -2.23. The van der Waals surface area contributed by atoms with Gasteiger partial charge in [-0.15, -0.1) is 0 Å². The predicted octanol–water partition coefficient (Wildman–Crippen LogP) is 5.47. The second-order valence-electron chi connectivity index (χ2n) is 11.3. The number of aliphatic hydroxyl groups is 1. The minimum absolute atomic E-state index is 0.00203. The number of nitrogens with zero attached hydrogens (tertiary/aromatic N) is 4. The first kappa shape index (κ1) is 28.8. The normalized spacial score (nSPS) is 17.2. The highest BCUT2D eigenvalue weighted by Crippen LogP contribution is 2.35. The van der Waals surface area contributed by atoms with Crippen LogP contribution in [-0.4, -0.2) is 71.9 Å². The summed E-state index contributed by atoms with van der Waals surface area (Å²) in [4.78, 5) is 0. The van der Waals surface area contributed by atoms with Crippen molar-refractivity contribution in [3.63, 3.8) is 0 Å². The second-order valence-corrected chi connectivity index (χ2v) is 16.9. The van der Waals surface area contributed by atoms with Crippen LogP contribution < -0.4 is 4.74 Å². The highest BCUT2D eigenvalue weighted by Gasteiger charge is 2.23. The molecule has 0 bridgehead atoms. The third-order valence-corrected chi connectivity index (χ3v) is 8.39. The zero-order valence-corrected chi connectivity index (χ0v) is 24.4. The third kappa shape index (κ3) is 8.13. The minimum Gasteiger partial charge on any atom is -0.491 e. The Morgan fingerprint density at radius 2 is 2.03 bits per heavy atom. The van der Waals surface area contributed by atoms with E-state index in [1.54, 1.807) is 0 Å². The zero-order valence-electron chi connectivity index (χ0n) is 23.4. The molecule has 4 rings (SSSR count). The molecule has 3 heterocycles. The van der Waals surface area contributed by atoms with Crippen molar-refractivity contribution in [1.82, 2.24) is 19.6 Å². The SMILES string of the molecule is C[C@H](CCOCCCO)Oc1ccc2c(c1)c(-c1cnn(COCC[Si](C)(C)C)c1)nn2C1CCCCO1. The summed E-state index contributed by atoms with van der Waals surface area (Å²) in [6, 6.07) is 7.29. The van der Waals surface area contributed by atoms with Crippen LogP contribution in [0, 0.1) is 0 Å². The van der Waals surface area contributed by atoms with Gasteiger partial charge in [0.25, 0.3) is 0 Å². The van der Waals surface area contributed by atoms with E-state index in [-0.39, 0.29) is 18.9 Å². The van der Waals surface area contributed by atoms with Crippen LogP contribution in [0.2, 0.25) is 25.7 Å². The van der Waals surface area contributed by atoms with E-state index in [2.05, 4.69) is 36.9 Å². The van der Waals surface area contributed by atoms with Gasteiger partial charge < -0.3 is 24.1 Å². The van der Waals surface area contributed by atoms with Crippen molar-refractivity contribution in [3.8, 4) is 17.0 Å². The molecule has 3 aromatic rings. The Morgan fingerprint density at radius 3 is 2.79 bits per heavy atom. The van der Waals surface area contributed by atoms with Crippen molar-refractivity contribution < 1.29 is 24.1 Å². The van der Waals surface area contributed by atoms with Gasteiger partial charge in [0.05, 0.1) is 24.4 Å². The van der Waals surface area contributed by atoms with E-state index >= 15 is 0 Å². The Kier molecular flexibility index (Phi) is 10.4. The Bertz CT molecular complexity index is 1140. The fourth-order valence-corrected chi connectivity index (χ4v) is 5.20. The molecule has 1 unspecified atom stereocenters. The molecule has 0 saturated carbocycles. The van der Waals surface area contributed by atoms with E-state index in [0.29, 0.717) is 26.4 Å². The smallest absolute Gasteiger partial charge is 0.150 e. The molecule has 9 nitrogen and oxygen atoms in total. The van der Waals surface area contributed by atoms with Gasteiger partial charge in [-0.3, -0.25) is 0 Å². The molecule has 0 amide bonds. The number of aromatic nitrogens is 4. The molecule has 0 spiro atoms. The molecule has 1 aromatic carbocycles. The predicted molar refractivity (Wildman–Crippen MR) is 151 cm³/mol. The summed E-state index contributed by atoms with van der Waals surface area (Å²) in [7, 11) is -1.13. The van der Waals surface area contributed by atoms with E-state index in [1.165, 1.54) is 0 Å². The van der Waals surface area contributed by atoms with Gasteiger partial charge in [0.1, 0.15) is 18.2 Å². The van der Waals surface area contributed by atoms with E-state index < -0.39 is 8.07 Å². The summed E-state index contributed by atoms with van der Waals surface area (Å²) in [6.07, 6.45) is 8.39. The summed E-state index contributed by atoms with van der Waals surface area (Å²) < 4.78 is 27.6. The fourth-order valence-electron chi connectivity index (χ4n) is 4.44. The van der Waals surface area contributed by atoms with Gasteiger partial charge >= 0.3 is 0 Å². The van der Waals surface area contributed by atoms with Crippen molar-refractivity contribution in [1.29, 1.82) is 0 Å². The van der Waals surface area contributed by atoms with Crippen molar-refractivity contribution in [2.45, 2.75) is 83.8 Å². The molecule has 0 aliphatic carbocycles. The summed E-state index contributed by atoms with van der Waals surface area (Å²) in [6.45, 7) is 12.4. The molecular weight excluding hydrogens is 500 g/mol. The summed E-state index contributed by atoms with van der Waals surface area (Å²) >= 11 is 0. The average molecular weight is 545 g/mol. The van der Waals surface area contributed by atoms with Gasteiger partial charge in [0.15, 0.2) is 6.23 Å². The molecule has 38 heavy (non-hydrogen) atoms. The summed E-state index contributed by atoms with van der Waals surface area (Å²) in [5, 5.41) is 19.5. The lowest BCUT2D eigenvalue weighted by Crippen LogP contribution is -2.22. The average Bonchev–Trinajstić information content (AvgIpc) is 3.51. The Balaban J connectivity index is 1.51. The lowest BCUT2D eigenvalue weighted by atomic mass is 10.1. The molecule has 2 atom stereocenters. The number of aliphatic hydroxyl groups excluding tert-OH is 1. The first-order valence-corrected chi connectivity index (χ1v) is 17.6. The van der Waals surface area contributed by atoms with Crippen LogP contribution in [-0.2, 0) is 20.9 Å². The van der Waals surface area contributed by atoms with Crippen molar-refractivity contribution in [3.05, 3.63) is 30.6 Å². The van der Waals surface area contributed by atoms with Crippen LogP contribution in [0.4, 0.5) is 0 Å². The summed E-state index contributed by atoms with van der Waals surface area (Å²) in [5.41, 5.74) is 2.84. The molecule has 2 aromatic heterocycles. The number of hydrogen-bond donors (Lipinski definition) is 1. The number of rotatable bonds is 15. The lowest BCUT2D eigenvalue weighted by molar-refractivity contribution is -0.0365. The van der Waals surface area contributed by atoms with Gasteiger partial charge in [0, 0.05) is 58.1 Å². The molecular formula is C28H44N4O5Si. The quantitative estimate of drug-likeness (QED) is 0.200. The second kappa shape index (κ2) is 13.7. The highest BCUT2D eigenvalue weighted by molar-refractivity contribution is 6.76. The molecule has 10 heteroatoms. The van der Waals surface area contributed by atoms with Crippen LogP contribution in [0.5, 0.6) is 5.75 Å². The number of ether oxygens (including phenoxy) is 4. The van der Waals surface area contributed by atoms with Gasteiger partial charge in [-0.25, -0.2) is 9.36 Å². The number of benzene rings is 1. The standard InChI is InChI=1S/C28H44N4O5Si/c1-22(11-15-34-13-7-12-33)37-24-9-10-26-25(18-24)28(30-32(26)27-8-5-6-14-36-27)23-19-29-31(20-23)21-35-16-17-38(2,3)4/h9-10,18-20,22,27,33H,5-8,11-17,21H2,1-4H3/t22-,27?/m1/s1. The first-order valence-electron chi connectivity index (χ1n) is 13.9. The van der Waals surface area contributed by atoms with Crippen LogP contribution in [0.3, 0.4) is 0 Å². The third-order valence-electron chi connectivity index (χ3n) is 6.69. The Labute approximate surface area is 227 Å². The molecule has 1 N–H and O–H groups in total. The maximum atomic E-state index is 8.89.